The van der Waals surface area contributed by atoms with Gasteiger partial charge >= 0.3 is 0 Å². The highest BCUT2D eigenvalue weighted by Gasteiger charge is 2.24. The predicted molar refractivity (Wildman–Crippen MR) is 109 cm³/mol. The van der Waals surface area contributed by atoms with E-state index in [-0.39, 0.29) is 24.1 Å². The number of nitrogens with zero attached hydrogens (tertiary/aromatic N) is 1. The number of amides is 2. The molecule has 2 amide bonds. The van der Waals surface area contributed by atoms with Crippen LogP contribution in [0.15, 0.2) is 46.9 Å². The molecule has 0 aliphatic carbocycles. The van der Waals surface area contributed by atoms with E-state index in [1.165, 1.54) is 4.90 Å². The van der Waals surface area contributed by atoms with Crippen molar-refractivity contribution in [2.24, 2.45) is 0 Å². The molecule has 0 unspecified atom stereocenters. The number of aryl methyl sites for hydroxylation is 1. The van der Waals surface area contributed by atoms with E-state index in [1.54, 1.807) is 18.2 Å². The van der Waals surface area contributed by atoms with Gasteiger partial charge in [0.2, 0.25) is 5.91 Å². The van der Waals surface area contributed by atoms with Gasteiger partial charge in [-0.1, -0.05) is 18.2 Å². The molecule has 1 aromatic heterocycles. The van der Waals surface area contributed by atoms with E-state index in [1.807, 2.05) is 38.1 Å². The Hall–Kier alpha value is -3.48. The van der Waals surface area contributed by atoms with Crippen LogP contribution < -0.4 is 14.8 Å². The fourth-order valence-corrected chi connectivity index (χ4v) is 3.34. The largest absolute Gasteiger partial charge is 0.486 e. The number of furan rings is 1. The molecule has 2 aromatic carbocycles. The number of fused-ring (bicyclic) bond motifs is 2. The molecule has 4 rings (SSSR count). The minimum atomic E-state index is -0.307. The van der Waals surface area contributed by atoms with Crippen LogP contribution in [0.3, 0.4) is 0 Å². The number of para-hydroxylation sites is 1. The van der Waals surface area contributed by atoms with Gasteiger partial charge in [-0.05, 0) is 32.0 Å². The number of hydrogen-bond acceptors (Lipinski definition) is 5. The SMILES string of the molecule is CCN(CC(=O)Nc1ccc2c(c1)OCCO2)C(=O)c1oc2ccccc2c1C. The summed E-state index contributed by atoms with van der Waals surface area (Å²) < 4.78 is 16.8. The number of benzene rings is 2. The summed E-state index contributed by atoms with van der Waals surface area (Å²) in [5, 5.41) is 3.70. The number of nitrogens with one attached hydrogen (secondary N) is 1. The number of carbonyl (C=O) groups excluding carboxylic acids is 2. The van der Waals surface area contributed by atoms with Crippen LogP contribution in [0, 0.1) is 6.92 Å². The van der Waals surface area contributed by atoms with Crippen LogP contribution in [0.25, 0.3) is 11.0 Å². The first-order valence-corrected chi connectivity index (χ1v) is 9.53. The van der Waals surface area contributed by atoms with Gasteiger partial charge < -0.3 is 24.1 Å². The van der Waals surface area contributed by atoms with Crippen LogP contribution in [-0.2, 0) is 4.79 Å². The molecule has 29 heavy (non-hydrogen) atoms. The molecule has 0 saturated heterocycles. The zero-order chi connectivity index (χ0) is 20.4. The van der Waals surface area contributed by atoms with E-state index in [9.17, 15) is 9.59 Å². The van der Waals surface area contributed by atoms with Crippen molar-refractivity contribution in [3.05, 3.63) is 53.8 Å². The Balaban J connectivity index is 1.47. The summed E-state index contributed by atoms with van der Waals surface area (Å²) in [6, 6.07) is 12.7. The van der Waals surface area contributed by atoms with Crippen LogP contribution in [-0.4, -0.2) is 43.0 Å². The zero-order valence-corrected chi connectivity index (χ0v) is 16.4. The predicted octanol–water partition coefficient (Wildman–Crippen LogP) is 3.61. The molecular weight excluding hydrogens is 372 g/mol. The van der Waals surface area contributed by atoms with Crippen LogP contribution in [0.1, 0.15) is 23.0 Å². The highest BCUT2D eigenvalue weighted by Crippen LogP contribution is 2.32. The molecule has 0 saturated carbocycles. The monoisotopic (exact) mass is 394 g/mol. The number of anilines is 1. The first-order valence-electron chi connectivity index (χ1n) is 9.53. The highest BCUT2D eigenvalue weighted by molar-refractivity contribution is 6.01. The lowest BCUT2D eigenvalue weighted by molar-refractivity contribution is -0.116. The highest BCUT2D eigenvalue weighted by atomic mass is 16.6. The number of carbonyl (C=O) groups is 2. The topological polar surface area (TPSA) is 81.0 Å². The number of hydrogen-bond donors (Lipinski definition) is 1. The maximum absolute atomic E-state index is 13.0. The molecular formula is C22H22N2O5. The molecule has 0 radical (unpaired) electrons. The third-order valence-corrected chi connectivity index (χ3v) is 4.87. The first kappa shape index (κ1) is 18.9. The molecule has 7 heteroatoms. The lowest BCUT2D eigenvalue weighted by atomic mass is 10.1. The van der Waals surface area contributed by atoms with Gasteiger partial charge in [0, 0.05) is 29.2 Å². The van der Waals surface area contributed by atoms with Crippen LogP contribution in [0.2, 0.25) is 0 Å². The van der Waals surface area contributed by atoms with Gasteiger partial charge in [0.1, 0.15) is 25.3 Å². The van der Waals surface area contributed by atoms with Crippen molar-refractivity contribution in [2.75, 3.05) is 31.6 Å². The summed E-state index contributed by atoms with van der Waals surface area (Å²) in [6.45, 7) is 4.95. The van der Waals surface area contributed by atoms with Crippen molar-refractivity contribution in [1.82, 2.24) is 4.90 Å². The Morgan fingerprint density at radius 3 is 2.59 bits per heavy atom. The maximum atomic E-state index is 13.0. The summed E-state index contributed by atoms with van der Waals surface area (Å²) in [5.41, 5.74) is 2.02. The molecule has 3 aromatic rings. The van der Waals surface area contributed by atoms with Crippen molar-refractivity contribution in [2.45, 2.75) is 13.8 Å². The van der Waals surface area contributed by atoms with E-state index in [0.717, 1.165) is 10.9 Å². The minimum absolute atomic E-state index is 0.0831. The summed E-state index contributed by atoms with van der Waals surface area (Å²) in [4.78, 5) is 27.0. The normalized spacial score (nSPS) is 12.6. The van der Waals surface area contributed by atoms with Gasteiger partial charge in [0.15, 0.2) is 17.3 Å². The van der Waals surface area contributed by atoms with Gasteiger partial charge in [-0.2, -0.15) is 0 Å². The van der Waals surface area contributed by atoms with Gasteiger partial charge in [0.25, 0.3) is 5.91 Å². The van der Waals surface area contributed by atoms with Crippen molar-refractivity contribution in [3.63, 3.8) is 0 Å². The van der Waals surface area contributed by atoms with Crippen molar-refractivity contribution in [3.8, 4) is 11.5 Å². The zero-order valence-electron chi connectivity index (χ0n) is 16.4. The van der Waals surface area contributed by atoms with Gasteiger partial charge in [-0.25, -0.2) is 0 Å². The third-order valence-electron chi connectivity index (χ3n) is 4.87. The fourth-order valence-electron chi connectivity index (χ4n) is 3.34. The van der Waals surface area contributed by atoms with E-state index >= 15 is 0 Å². The van der Waals surface area contributed by atoms with Crippen molar-refractivity contribution < 1.29 is 23.5 Å². The Labute approximate surface area is 168 Å². The Morgan fingerprint density at radius 1 is 1.07 bits per heavy atom. The summed E-state index contributed by atoms with van der Waals surface area (Å²) >= 11 is 0. The summed E-state index contributed by atoms with van der Waals surface area (Å²) in [5.74, 6) is 0.902. The van der Waals surface area contributed by atoms with Crippen LogP contribution in [0.5, 0.6) is 11.5 Å². The molecule has 0 spiro atoms. The lowest BCUT2D eigenvalue weighted by Gasteiger charge is -2.21. The average Bonchev–Trinajstić information content (AvgIpc) is 3.08. The second kappa shape index (κ2) is 7.87. The summed E-state index contributed by atoms with van der Waals surface area (Å²) in [6.07, 6.45) is 0. The Morgan fingerprint density at radius 2 is 1.83 bits per heavy atom. The van der Waals surface area contributed by atoms with E-state index in [2.05, 4.69) is 5.32 Å². The minimum Gasteiger partial charge on any atom is -0.486 e. The van der Waals surface area contributed by atoms with Crippen molar-refractivity contribution in [1.29, 1.82) is 0 Å². The van der Waals surface area contributed by atoms with E-state index in [0.29, 0.717) is 42.5 Å². The lowest BCUT2D eigenvalue weighted by Crippen LogP contribution is -2.38. The quantitative estimate of drug-likeness (QED) is 0.715. The molecule has 0 fully saturated rings. The smallest absolute Gasteiger partial charge is 0.290 e. The molecule has 1 aliphatic rings. The van der Waals surface area contributed by atoms with Crippen molar-refractivity contribution >= 4 is 28.5 Å². The second-order valence-electron chi connectivity index (χ2n) is 6.78. The molecule has 1 aliphatic heterocycles. The number of rotatable bonds is 5. The molecule has 2 heterocycles. The first-order chi connectivity index (χ1) is 14.1. The second-order valence-corrected chi connectivity index (χ2v) is 6.78. The van der Waals surface area contributed by atoms with Gasteiger partial charge in [0.05, 0.1) is 0 Å². The summed E-state index contributed by atoms with van der Waals surface area (Å²) in [7, 11) is 0. The molecule has 0 bridgehead atoms. The standard InChI is InChI=1S/C22H22N2O5/c1-3-24(22(26)21-14(2)16-6-4-5-7-17(16)29-21)13-20(25)23-15-8-9-18-19(12-15)28-11-10-27-18/h4-9,12H,3,10-11,13H2,1-2H3,(H,23,25). The molecule has 0 atom stereocenters. The Kier molecular flexibility index (Phi) is 5.12. The fraction of sp³-hybridized carbons (Fsp3) is 0.273. The molecule has 150 valence electrons. The number of ether oxygens (including phenoxy) is 2. The van der Waals surface area contributed by atoms with Gasteiger partial charge in [-0.3, -0.25) is 9.59 Å². The maximum Gasteiger partial charge on any atom is 0.290 e. The van der Waals surface area contributed by atoms with Gasteiger partial charge in [-0.15, -0.1) is 0 Å². The van der Waals surface area contributed by atoms with E-state index in [4.69, 9.17) is 13.9 Å². The number of likely N-dealkylation sites (N-methyl/N-ethyl adjacent to an activating group) is 1. The average molecular weight is 394 g/mol. The van der Waals surface area contributed by atoms with E-state index < -0.39 is 0 Å². The van der Waals surface area contributed by atoms with Crippen LogP contribution in [0.4, 0.5) is 5.69 Å². The third kappa shape index (κ3) is 3.76. The molecule has 1 N–H and O–H groups in total. The molecule has 7 nitrogen and oxygen atoms in total. The Bertz CT molecular complexity index is 1070. The van der Waals surface area contributed by atoms with Crippen LogP contribution >= 0.6 is 0 Å².